The Morgan fingerprint density at radius 2 is 1.09 bits per heavy atom. The van der Waals surface area contributed by atoms with Gasteiger partial charge in [-0.15, -0.1) is 0 Å². The molecule has 0 aliphatic heterocycles. The van der Waals surface area contributed by atoms with Gasteiger partial charge >= 0.3 is 0 Å². The minimum absolute atomic E-state index is 0.459. The van der Waals surface area contributed by atoms with E-state index in [4.69, 9.17) is 9.42 Å². The molecule has 0 rings (SSSR count). The summed E-state index contributed by atoms with van der Waals surface area (Å²) in [6, 6.07) is 0. The van der Waals surface area contributed by atoms with Crippen LogP contribution in [0.3, 0.4) is 0 Å². The summed E-state index contributed by atoms with van der Waals surface area (Å²) in [7, 11) is 1.29. The smallest absolute Gasteiger partial charge is 0.265 e. The van der Waals surface area contributed by atoms with E-state index < -0.39 is 13.9 Å². The van der Waals surface area contributed by atoms with Crippen LogP contribution in [0.15, 0.2) is 24.3 Å². The molecule has 0 saturated carbocycles. The highest BCUT2D eigenvalue weighted by Gasteiger charge is 2.22. The predicted molar refractivity (Wildman–Crippen MR) is 149 cm³/mol. The number of rotatable bonds is 25. The monoisotopic (exact) mass is 515 g/mol. The predicted octanol–water partition coefficient (Wildman–Crippen LogP) is 8.08. The first-order chi connectivity index (χ1) is 16.6. The van der Waals surface area contributed by atoms with Crippen molar-refractivity contribution >= 4 is 7.82 Å². The van der Waals surface area contributed by atoms with E-state index in [1.165, 1.54) is 89.9 Å². The van der Waals surface area contributed by atoms with Crippen LogP contribution in [0.25, 0.3) is 0 Å². The van der Waals surface area contributed by atoms with E-state index in [0.29, 0.717) is 17.4 Å². The third-order valence-electron chi connectivity index (χ3n) is 6.23. The first-order valence-electron chi connectivity index (χ1n) is 14.5. The van der Waals surface area contributed by atoms with Crippen molar-refractivity contribution in [3.8, 4) is 0 Å². The lowest BCUT2D eigenvalue weighted by molar-refractivity contribution is -0.873. The zero-order valence-electron chi connectivity index (χ0n) is 23.6. The van der Waals surface area contributed by atoms with Gasteiger partial charge in [0.05, 0.1) is 21.1 Å². The van der Waals surface area contributed by atoms with Crippen LogP contribution in [0, 0.1) is 0 Å². The van der Waals surface area contributed by atoms with Gasteiger partial charge in [-0.1, -0.05) is 95.4 Å². The zero-order chi connectivity index (χ0) is 26.3. The van der Waals surface area contributed by atoms with Gasteiger partial charge in [-0.05, 0) is 57.8 Å². The molecule has 208 valence electrons. The number of hydrogen-bond acceptors (Lipinski definition) is 3. The van der Waals surface area contributed by atoms with Crippen molar-refractivity contribution in [3.63, 3.8) is 0 Å². The van der Waals surface area contributed by atoms with Gasteiger partial charge in [-0.3, -0.25) is 4.57 Å². The number of unbranched alkanes of at least 4 members (excludes halogenated alkanes) is 15. The molecule has 0 aliphatic carbocycles. The molecule has 2 atom stereocenters. The normalized spacial score (nSPS) is 15.3. The Morgan fingerprint density at radius 1 is 0.714 bits per heavy atom. The van der Waals surface area contributed by atoms with Crippen molar-refractivity contribution in [2.24, 2.45) is 0 Å². The molecule has 35 heavy (non-hydrogen) atoms. The molecule has 0 heterocycles. The molecule has 0 aromatic rings. The third-order valence-corrected chi connectivity index (χ3v) is 6.79. The van der Waals surface area contributed by atoms with Gasteiger partial charge in [0.2, 0.25) is 0 Å². The molecule has 0 bridgehead atoms. The van der Waals surface area contributed by atoms with Crippen LogP contribution >= 0.6 is 7.82 Å². The van der Waals surface area contributed by atoms with Crippen molar-refractivity contribution in [3.05, 3.63) is 24.3 Å². The second-order valence-corrected chi connectivity index (χ2v) is 12.3. The number of nitrogens with zero attached hydrogens (tertiary/aromatic N) is 1. The van der Waals surface area contributed by atoms with Gasteiger partial charge in [0.25, 0.3) is 7.82 Å². The Kier molecular flexibility index (Phi) is 22.4. The highest BCUT2D eigenvalue weighted by Crippen LogP contribution is 2.34. The number of quaternary nitrogens is 1. The summed E-state index contributed by atoms with van der Waals surface area (Å²) in [6.45, 7) is 2.83. The van der Waals surface area contributed by atoms with E-state index >= 15 is 0 Å². The summed E-state index contributed by atoms with van der Waals surface area (Å²) in [5, 5.41) is 0. The maximum atomic E-state index is 11.1. The third kappa shape index (κ3) is 29.7. The van der Waals surface area contributed by atoms with E-state index in [9.17, 15) is 9.46 Å². The maximum absolute atomic E-state index is 11.1. The Bertz CT molecular complexity index is 566. The molecule has 0 aromatic carbocycles. The Balaban J connectivity index is 3.53. The largest absolute Gasteiger partial charge is 0.756 e. The Morgan fingerprint density at radius 3 is 1.46 bits per heavy atom. The molecule has 0 aromatic heterocycles. The molecule has 0 fully saturated rings. The second-order valence-electron chi connectivity index (χ2n) is 11.2. The number of phosphoric acid groups is 1. The van der Waals surface area contributed by atoms with Crippen LogP contribution < -0.4 is 4.89 Å². The SMILES string of the molecule is CCCCCCCCC/C=C\CCCCCC/C=C\CCCCCC(C[N+](C)(C)C)OP(=O)([O-])O. The van der Waals surface area contributed by atoms with Crippen LogP contribution in [0.2, 0.25) is 0 Å². The number of phosphoric ester groups is 1. The summed E-state index contributed by atoms with van der Waals surface area (Å²) in [6.07, 6.45) is 32.3. The fourth-order valence-electron chi connectivity index (χ4n) is 4.36. The van der Waals surface area contributed by atoms with E-state index in [-0.39, 0.29) is 0 Å². The van der Waals surface area contributed by atoms with E-state index in [1.54, 1.807) is 0 Å². The van der Waals surface area contributed by atoms with Crippen LogP contribution in [-0.4, -0.2) is 43.2 Å². The molecule has 1 N–H and O–H groups in total. The molecular weight excluding hydrogens is 457 g/mol. The lowest BCUT2D eigenvalue weighted by Gasteiger charge is -2.31. The summed E-state index contributed by atoms with van der Waals surface area (Å²) < 4.78 is 16.6. The Hall–Kier alpha value is -0.450. The van der Waals surface area contributed by atoms with Crippen molar-refractivity contribution in [2.75, 3.05) is 27.7 Å². The van der Waals surface area contributed by atoms with Gasteiger partial charge in [0.1, 0.15) is 12.6 Å². The van der Waals surface area contributed by atoms with E-state index in [2.05, 4.69) is 31.2 Å². The summed E-state index contributed by atoms with van der Waals surface area (Å²) in [4.78, 5) is 20.1. The molecular formula is C29H58NO4P. The van der Waals surface area contributed by atoms with Gasteiger partial charge < -0.3 is 18.8 Å². The topological polar surface area (TPSA) is 69.6 Å². The van der Waals surface area contributed by atoms with Crippen LogP contribution in [0.5, 0.6) is 0 Å². The fourth-order valence-corrected chi connectivity index (χ4v) is 4.91. The molecule has 0 spiro atoms. The average molecular weight is 516 g/mol. The number of allylic oxidation sites excluding steroid dienone is 4. The summed E-state index contributed by atoms with van der Waals surface area (Å²) in [5.74, 6) is 0. The van der Waals surface area contributed by atoms with Crippen molar-refractivity contribution in [1.82, 2.24) is 0 Å². The molecule has 5 nitrogen and oxygen atoms in total. The highest BCUT2D eigenvalue weighted by molar-refractivity contribution is 7.44. The molecule has 0 radical (unpaired) electrons. The molecule has 0 saturated heterocycles. The highest BCUT2D eigenvalue weighted by atomic mass is 31.2. The molecule has 2 unspecified atom stereocenters. The minimum Gasteiger partial charge on any atom is -0.756 e. The first kappa shape index (κ1) is 34.6. The van der Waals surface area contributed by atoms with Crippen LogP contribution in [0.4, 0.5) is 0 Å². The standard InChI is InChI=1S/C29H58NO4P/c1-5-6-7-8-9-10-11-12-13-14-15-16-17-18-19-20-21-22-23-24-25-26-27-29(28-30(2,3)4)34-35(31,32)33/h13-14,21-22,29H,5-12,15-20,23-28H2,1-4H3,(H-,31,32,33)/b14-13-,22-21-. The number of hydrogen-bond donors (Lipinski definition) is 1. The van der Waals surface area contributed by atoms with E-state index in [0.717, 1.165) is 25.7 Å². The zero-order valence-corrected chi connectivity index (χ0v) is 24.5. The van der Waals surface area contributed by atoms with Crippen LogP contribution in [0.1, 0.15) is 129 Å². The van der Waals surface area contributed by atoms with Crippen molar-refractivity contribution < 1.29 is 23.4 Å². The maximum Gasteiger partial charge on any atom is 0.265 e. The fraction of sp³-hybridized carbons (Fsp3) is 0.862. The van der Waals surface area contributed by atoms with Crippen molar-refractivity contribution in [2.45, 2.75) is 135 Å². The Labute approximate surface area is 218 Å². The van der Waals surface area contributed by atoms with Gasteiger partial charge in [0, 0.05) is 0 Å². The quantitative estimate of drug-likeness (QED) is 0.0577. The number of likely N-dealkylation sites (N-methyl/N-ethyl adjacent to an activating group) is 1. The molecule has 0 amide bonds. The van der Waals surface area contributed by atoms with Gasteiger partial charge in [-0.25, -0.2) is 0 Å². The molecule has 0 aliphatic rings. The minimum atomic E-state index is -4.68. The molecule has 6 heteroatoms. The van der Waals surface area contributed by atoms with Gasteiger partial charge in [-0.2, -0.15) is 0 Å². The summed E-state index contributed by atoms with van der Waals surface area (Å²) in [5.41, 5.74) is 0. The second kappa shape index (κ2) is 22.7. The average Bonchev–Trinajstić information content (AvgIpc) is 2.75. The van der Waals surface area contributed by atoms with Crippen LogP contribution in [-0.2, 0) is 9.09 Å². The lowest BCUT2D eigenvalue weighted by Crippen LogP contribution is -2.42. The van der Waals surface area contributed by atoms with E-state index in [1.807, 2.05) is 21.1 Å². The van der Waals surface area contributed by atoms with Gasteiger partial charge in [0.15, 0.2) is 0 Å². The lowest BCUT2D eigenvalue weighted by atomic mass is 10.1. The van der Waals surface area contributed by atoms with Crippen molar-refractivity contribution in [1.29, 1.82) is 0 Å². The summed E-state index contributed by atoms with van der Waals surface area (Å²) >= 11 is 0. The first-order valence-corrected chi connectivity index (χ1v) is 16.0.